The van der Waals surface area contributed by atoms with E-state index in [1.807, 2.05) is 0 Å². The smallest absolute Gasteiger partial charge is 0.262 e. The summed E-state index contributed by atoms with van der Waals surface area (Å²) in [6.45, 7) is 6.44. The Kier molecular flexibility index (Phi) is 5.91. The molecule has 10 heteroatoms. The summed E-state index contributed by atoms with van der Waals surface area (Å²) in [5.41, 5.74) is -0.661. The normalized spacial score (nSPS) is 18.0. The zero-order valence-corrected chi connectivity index (χ0v) is 21.7. The quantitative estimate of drug-likeness (QED) is 0.237. The zero-order chi connectivity index (χ0) is 26.9. The van der Waals surface area contributed by atoms with Gasteiger partial charge in [-0.1, -0.05) is 0 Å². The molecule has 37 heavy (non-hydrogen) atoms. The van der Waals surface area contributed by atoms with Gasteiger partial charge < -0.3 is 0 Å². The SMILES string of the molecule is Cc1cc(-c2cc(C3=C(c4cc(-c5ccnc(C)c5)sc4C)C(F)(F)C(F)(F)C3(F)F)c(C)s2)ccn1. The van der Waals surface area contributed by atoms with Crippen LogP contribution in [0.15, 0.2) is 48.8 Å². The van der Waals surface area contributed by atoms with E-state index in [0.29, 0.717) is 32.3 Å². The van der Waals surface area contributed by atoms with E-state index in [0.717, 1.165) is 22.7 Å². The highest BCUT2D eigenvalue weighted by molar-refractivity contribution is 7.16. The van der Waals surface area contributed by atoms with Gasteiger partial charge in [0.05, 0.1) is 0 Å². The number of aryl methyl sites for hydroxylation is 4. The third kappa shape index (κ3) is 3.84. The summed E-state index contributed by atoms with van der Waals surface area (Å²) in [6.07, 6.45) is 3.07. The van der Waals surface area contributed by atoms with E-state index in [1.54, 1.807) is 38.1 Å². The minimum Gasteiger partial charge on any atom is -0.262 e. The van der Waals surface area contributed by atoms with E-state index < -0.39 is 28.9 Å². The largest absolute Gasteiger partial charge is 0.380 e. The fourth-order valence-corrected chi connectivity index (χ4v) is 6.62. The number of allylic oxidation sites excluding steroid dienone is 2. The molecule has 0 radical (unpaired) electrons. The van der Waals surface area contributed by atoms with Gasteiger partial charge >= 0.3 is 17.8 Å². The molecule has 0 saturated heterocycles. The molecule has 0 saturated carbocycles. The Hall–Kier alpha value is -2.98. The van der Waals surface area contributed by atoms with Gasteiger partial charge in [-0.2, -0.15) is 26.3 Å². The summed E-state index contributed by atoms with van der Waals surface area (Å²) in [4.78, 5) is 9.67. The average molecular weight is 551 g/mol. The highest BCUT2D eigenvalue weighted by Gasteiger charge is 2.80. The summed E-state index contributed by atoms with van der Waals surface area (Å²) in [7, 11) is 0. The molecule has 0 aliphatic heterocycles. The van der Waals surface area contributed by atoms with E-state index in [2.05, 4.69) is 9.97 Å². The molecule has 0 N–H and O–H groups in total. The van der Waals surface area contributed by atoms with E-state index >= 15 is 17.6 Å². The number of aromatic nitrogens is 2. The third-order valence-electron chi connectivity index (χ3n) is 6.40. The molecule has 0 bridgehead atoms. The maximum atomic E-state index is 15.4. The van der Waals surface area contributed by atoms with Crippen molar-refractivity contribution in [3.05, 3.63) is 81.1 Å². The Labute approximate surface area is 217 Å². The highest BCUT2D eigenvalue weighted by Crippen LogP contribution is 2.66. The predicted molar refractivity (Wildman–Crippen MR) is 136 cm³/mol. The number of alkyl halides is 6. The molecule has 192 valence electrons. The van der Waals surface area contributed by atoms with Crippen molar-refractivity contribution in [1.29, 1.82) is 0 Å². The van der Waals surface area contributed by atoms with Gasteiger partial charge in [0.1, 0.15) is 0 Å². The van der Waals surface area contributed by atoms with Crippen LogP contribution in [0, 0.1) is 27.7 Å². The second kappa shape index (κ2) is 8.52. The number of nitrogens with zero attached hydrogens (tertiary/aromatic N) is 2. The van der Waals surface area contributed by atoms with Gasteiger partial charge in [-0.15, -0.1) is 22.7 Å². The van der Waals surface area contributed by atoms with Crippen molar-refractivity contribution >= 4 is 33.8 Å². The highest BCUT2D eigenvalue weighted by atomic mass is 32.1. The van der Waals surface area contributed by atoms with Gasteiger partial charge in [0, 0.05) is 54.4 Å². The second-order valence-electron chi connectivity index (χ2n) is 9.01. The molecule has 4 heterocycles. The standard InChI is InChI=1S/C27H20F6N2S2/c1-13-9-17(5-7-34-13)21-11-19(15(3)36-21)23-24(26(30,31)27(32,33)25(23,28)29)20-12-22(37-16(20)4)18-6-8-35-14(2)10-18/h5-12H,1-4H3. The Morgan fingerprint density at radius 2 is 0.973 bits per heavy atom. The van der Waals surface area contributed by atoms with Crippen LogP contribution in [-0.2, 0) is 0 Å². The van der Waals surface area contributed by atoms with E-state index in [-0.39, 0.29) is 20.9 Å². The van der Waals surface area contributed by atoms with Crippen LogP contribution < -0.4 is 0 Å². The molecule has 0 aromatic carbocycles. The van der Waals surface area contributed by atoms with Crippen LogP contribution in [0.5, 0.6) is 0 Å². The van der Waals surface area contributed by atoms with Gasteiger partial charge in [0.2, 0.25) is 0 Å². The molecule has 0 amide bonds. The predicted octanol–water partition coefficient (Wildman–Crippen LogP) is 9.00. The van der Waals surface area contributed by atoms with Gasteiger partial charge in [-0.05, 0) is 86.3 Å². The first kappa shape index (κ1) is 25.7. The van der Waals surface area contributed by atoms with Crippen LogP contribution in [0.2, 0.25) is 0 Å². The van der Waals surface area contributed by atoms with Gasteiger partial charge in [0.15, 0.2) is 0 Å². The average Bonchev–Trinajstić information content (AvgIpc) is 3.41. The number of halogens is 6. The van der Waals surface area contributed by atoms with Crippen molar-refractivity contribution < 1.29 is 26.3 Å². The first-order chi connectivity index (χ1) is 17.3. The zero-order valence-electron chi connectivity index (χ0n) is 20.1. The fraction of sp³-hybridized carbons (Fsp3) is 0.259. The molecule has 2 nitrogen and oxygen atoms in total. The summed E-state index contributed by atoms with van der Waals surface area (Å²) >= 11 is 2.16. The molecule has 0 atom stereocenters. The third-order valence-corrected chi connectivity index (χ3v) is 8.60. The molecular weight excluding hydrogens is 530 g/mol. The molecule has 0 fully saturated rings. The van der Waals surface area contributed by atoms with E-state index in [9.17, 15) is 8.78 Å². The van der Waals surface area contributed by atoms with Crippen LogP contribution in [0.25, 0.3) is 32.0 Å². The van der Waals surface area contributed by atoms with Crippen molar-refractivity contribution in [3.63, 3.8) is 0 Å². The summed E-state index contributed by atoms with van der Waals surface area (Å²) in [5, 5.41) is 0. The molecule has 1 aliphatic rings. The maximum Gasteiger partial charge on any atom is 0.380 e. The molecular formula is C27H20F6N2S2. The lowest BCUT2D eigenvalue weighted by molar-refractivity contribution is -0.254. The lowest BCUT2D eigenvalue weighted by atomic mass is 9.94. The Bertz CT molecular complexity index is 1450. The monoisotopic (exact) mass is 550 g/mol. The lowest BCUT2D eigenvalue weighted by Crippen LogP contribution is -2.48. The topological polar surface area (TPSA) is 25.8 Å². The number of thiophene rings is 2. The van der Waals surface area contributed by atoms with Crippen molar-refractivity contribution in [2.45, 2.75) is 45.5 Å². The molecule has 0 unspecified atom stereocenters. The Morgan fingerprint density at radius 3 is 1.32 bits per heavy atom. The van der Waals surface area contributed by atoms with Crippen LogP contribution in [0.3, 0.4) is 0 Å². The van der Waals surface area contributed by atoms with Crippen LogP contribution in [0.4, 0.5) is 26.3 Å². The molecule has 5 rings (SSSR count). The van der Waals surface area contributed by atoms with Crippen molar-refractivity contribution in [2.24, 2.45) is 0 Å². The summed E-state index contributed by atoms with van der Waals surface area (Å²) < 4.78 is 91.2. The Balaban J connectivity index is 1.78. The van der Waals surface area contributed by atoms with E-state index in [1.165, 1.54) is 38.4 Å². The number of hydrogen-bond acceptors (Lipinski definition) is 4. The minimum absolute atomic E-state index is 0.239. The van der Waals surface area contributed by atoms with E-state index in [4.69, 9.17) is 0 Å². The number of pyridine rings is 2. The van der Waals surface area contributed by atoms with Gasteiger partial charge in [-0.25, -0.2) is 0 Å². The summed E-state index contributed by atoms with van der Waals surface area (Å²) in [5.74, 6) is -15.8. The second-order valence-corrected chi connectivity index (χ2v) is 11.5. The first-order valence-electron chi connectivity index (χ1n) is 11.2. The number of rotatable bonds is 4. The maximum absolute atomic E-state index is 15.4. The van der Waals surface area contributed by atoms with Crippen molar-refractivity contribution in [1.82, 2.24) is 9.97 Å². The van der Waals surface area contributed by atoms with Crippen molar-refractivity contribution in [3.8, 4) is 20.9 Å². The fourth-order valence-electron chi connectivity index (χ4n) is 4.58. The molecule has 1 aliphatic carbocycles. The Morgan fingerprint density at radius 1 is 0.595 bits per heavy atom. The van der Waals surface area contributed by atoms with Crippen LogP contribution in [-0.4, -0.2) is 27.7 Å². The van der Waals surface area contributed by atoms with Crippen molar-refractivity contribution in [2.75, 3.05) is 0 Å². The summed E-state index contributed by atoms with van der Waals surface area (Å²) in [6, 6.07) is 9.33. The van der Waals surface area contributed by atoms with Crippen LogP contribution >= 0.6 is 22.7 Å². The molecule has 0 spiro atoms. The first-order valence-corrected chi connectivity index (χ1v) is 12.9. The van der Waals surface area contributed by atoms with Crippen LogP contribution in [0.1, 0.15) is 32.3 Å². The number of hydrogen-bond donors (Lipinski definition) is 0. The van der Waals surface area contributed by atoms with Gasteiger partial charge in [0.25, 0.3) is 0 Å². The minimum atomic E-state index is -5.60. The lowest BCUT2D eigenvalue weighted by Gasteiger charge is -2.25. The van der Waals surface area contributed by atoms with Gasteiger partial charge in [-0.3, -0.25) is 9.97 Å². The molecule has 4 aromatic heterocycles. The molecule has 4 aromatic rings.